The summed E-state index contributed by atoms with van der Waals surface area (Å²) in [5.74, 6) is 4.26. The lowest BCUT2D eigenvalue weighted by molar-refractivity contribution is -0.384. The third-order valence-electron chi connectivity index (χ3n) is 2.31. The van der Waals surface area contributed by atoms with Gasteiger partial charge in [0, 0.05) is 23.4 Å². The summed E-state index contributed by atoms with van der Waals surface area (Å²) >= 11 is 0. The number of aromatic nitrogens is 2. The molecule has 0 aliphatic heterocycles. The number of rotatable bonds is 2. The quantitative estimate of drug-likeness (QED) is 0.380. The van der Waals surface area contributed by atoms with Gasteiger partial charge in [-0.05, 0) is 18.9 Å². The molecular formula is C12H9N3O4. The molecule has 0 fully saturated rings. The molecule has 0 radical (unpaired) electrons. The first kappa shape index (κ1) is 12.6. The van der Waals surface area contributed by atoms with E-state index in [1.54, 1.807) is 6.92 Å². The Balaban J connectivity index is 2.36. The smallest absolute Gasteiger partial charge is 0.384 e. The largest absolute Gasteiger partial charge is 0.456 e. The molecule has 1 aromatic heterocycles. The average molecular weight is 259 g/mol. The van der Waals surface area contributed by atoms with E-state index >= 15 is 0 Å². The lowest BCUT2D eigenvalue weighted by Crippen LogP contribution is -1.99. The normalized spacial score (nSPS) is 9.74. The van der Waals surface area contributed by atoms with Crippen molar-refractivity contribution in [1.82, 2.24) is 10.2 Å². The maximum absolute atomic E-state index is 11.1. The van der Waals surface area contributed by atoms with Crippen molar-refractivity contribution in [2.45, 2.75) is 6.92 Å². The third kappa shape index (κ3) is 2.69. The lowest BCUT2D eigenvalue weighted by Gasteiger charge is -1.91. The van der Waals surface area contributed by atoms with Crippen molar-refractivity contribution in [1.29, 1.82) is 0 Å². The molecule has 2 rings (SSSR count). The first-order chi connectivity index (χ1) is 9.11. The number of nitrogens with zero attached hydrogens (tertiary/aromatic N) is 2. The van der Waals surface area contributed by atoms with Gasteiger partial charge in [-0.1, -0.05) is 0 Å². The fourth-order valence-corrected chi connectivity index (χ4v) is 1.49. The van der Waals surface area contributed by atoms with Crippen molar-refractivity contribution in [2.75, 3.05) is 6.61 Å². The van der Waals surface area contributed by atoms with Gasteiger partial charge in [-0.2, -0.15) is 5.10 Å². The molecule has 96 valence electrons. The summed E-state index contributed by atoms with van der Waals surface area (Å²) in [4.78, 5) is 21.2. The van der Waals surface area contributed by atoms with Crippen molar-refractivity contribution in [3.05, 3.63) is 34.0 Å². The van der Waals surface area contributed by atoms with Crippen molar-refractivity contribution in [2.24, 2.45) is 0 Å². The predicted octanol–water partition coefficient (Wildman–Crippen LogP) is 1.39. The first-order valence-corrected chi connectivity index (χ1v) is 5.43. The van der Waals surface area contributed by atoms with E-state index in [1.165, 1.54) is 18.2 Å². The number of nitro groups is 1. The van der Waals surface area contributed by atoms with E-state index in [0.717, 1.165) is 0 Å². The molecule has 19 heavy (non-hydrogen) atoms. The van der Waals surface area contributed by atoms with Crippen LogP contribution >= 0.6 is 0 Å². The Bertz CT molecular complexity index is 709. The summed E-state index contributed by atoms with van der Waals surface area (Å²) in [6.45, 7) is 1.94. The van der Waals surface area contributed by atoms with Crippen molar-refractivity contribution in [3.8, 4) is 11.8 Å². The van der Waals surface area contributed by atoms with E-state index in [2.05, 4.69) is 26.8 Å². The van der Waals surface area contributed by atoms with Crippen LogP contribution in [0.15, 0.2) is 18.2 Å². The van der Waals surface area contributed by atoms with E-state index in [9.17, 15) is 14.9 Å². The highest BCUT2D eigenvalue weighted by Crippen LogP contribution is 2.20. The zero-order chi connectivity index (χ0) is 13.8. The van der Waals surface area contributed by atoms with E-state index in [1.807, 2.05) is 0 Å². The van der Waals surface area contributed by atoms with Crippen LogP contribution in [0.3, 0.4) is 0 Å². The monoisotopic (exact) mass is 259 g/mol. The highest BCUT2D eigenvalue weighted by atomic mass is 16.6. The second-order valence-electron chi connectivity index (χ2n) is 3.53. The van der Waals surface area contributed by atoms with Gasteiger partial charge in [-0.3, -0.25) is 15.2 Å². The fourth-order valence-electron chi connectivity index (χ4n) is 1.49. The first-order valence-electron chi connectivity index (χ1n) is 5.43. The SMILES string of the molecule is CCOC(=O)C#Cc1[nH]nc2cc([N+](=O)[O-])ccc12. The Morgan fingerprint density at radius 1 is 1.58 bits per heavy atom. The molecule has 7 heteroatoms. The van der Waals surface area contributed by atoms with Crippen LogP contribution in [0.2, 0.25) is 0 Å². The second-order valence-corrected chi connectivity index (χ2v) is 3.53. The predicted molar refractivity (Wildman–Crippen MR) is 66.3 cm³/mol. The maximum Gasteiger partial charge on any atom is 0.384 e. The highest BCUT2D eigenvalue weighted by molar-refractivity contribution is 5.91. The molecule has 0 saturated heterocycles. The third-order valence-corrected chi connectivity index (χ3v) is 2.31. The number of fused-ring (bicyclic) bond motifs is 1. The van der Waals surface area contributed by atoms with E-state index in [-0.39, 0.29) is 12.3 Å². The van der Waals surface area contributed by atoms with Gasteiger partial charge in [0.05, 0.1) is 11.5 Å². The topological polar surface area (TPSA) is 98.1 Å². The summed E-state index contributed by atoms with van der Waals surface area (Å²) in [5, 5.41) is 17.8. The Hall–Kier alpha value is -2.88. The van der Waals surface area contributed by atoms with Crippen molar-refractivity contribution in [3.63, 3.8) is 0 Å². The molecule has 2 aromatic rings. The molecule has 7 nitrogen and oxygen atoms in total. The van der Waals surface area contributed by atoms with Gasteiger partial charge in [0.25, 0.3) is 5.69 Å². The number of benzene rings is 1. The number of hydrogen-bond donors (Lipinski definition) is 1. The van der Waals surface area contributed by atoms with Gasteiger partial charge in [0.15, 0.2) is 0 Å². The Morgan fingerprint density at radius 2 is 2.37 bits per heavy atom. The van der Waals surface area contributed by atoms with Crippen molar-refractivity contribution >= 4 is 22.6 Å². The van der Waals surface area contributed by atoms with E-state index in [4.69, 9.17) is 0 Å². The van der Waals surface area contributed by atoms with Gasteiger partial charge in [-0.15, -0.1) is 0 Å². The van der Waals surface area contributed by atoms with Gasteiger partial charge in [-0.25, -0.2) is 4.79 Å². The van der Waals surface area contributed by atoms with Gasteiger partial charge >= 0.3 is 5.97 Å². The second kappa shape index (κ2) is 5.18. The fraction of sp³-hybridized carbons (Fsp3) is 0.167. The number of carbonyl (C=O) groups is 1. The van der Waals surface area contributed by atoms with Gasteiger partial charge in [0.2, 0.25) is 0 Å². The zero-order valence-electron chi connectivity index (χ0n) is 9.97. The minimum atomic E-state index is -0.632. The van der Waals surface area contributed by atoms with Crippen LogP contribution in [0.1, 0.15) is 12.6 Å². The molecule has 0 atom stereocenters. The number of ether oxygens (including phenoxy) is 1. The lowest BCUT2D eigenvalue weighted by atomic mass is 10.2. The zero-order valence-corrected chi connectivity index (χ0v) is 9.97. The van der Waals surface area contributed by atoms with Crippen LogP contribution in [0.5, 0.6) is 0 Å². The minimum Gasteiger partial charge on any atom is -0.456 e. The number of non-ortho nitro benzene ring substituents is 1. The number of nitrogens with one attached hydrogen (secondary N) is 1. The number of carbonyl (C=O) groups excluding carboxylic acids is 1. The molecule has 0 aliphatic carbocycles. The van der Waals surface area contributed by atoms with E-state index < -0.39 is 10.9 Å². The number of esters is 1. The number of hydrogen-bond acceptors (Lipinski definition) is 5. The van der Waals surface area contributed by atoms with Crippen LogP contribution < -0.4 is 0 Å². The summed E-state index contributed by atoms with van der Waals surface area (Å²) in [6, 6.07) is 4.22. The van der Waals surface area contributed by atoms with E-state index in [0.29, 0.717) is 16.6 Å². The molecular weight excluding hydrogens is 250 g/mol. The maximum atomic E-state index is 11.1. The Kier molecular flexibility index (Phi) is 3.43. The van der Waals surface area contributed by atoms with Crippen LogP contribution in [0, 0.1) is 22.0 Å². The molecule has 0 unspecified atom stereocenters. The standard InChI is InChI=1S/C12H9N3O4/c1-2-19-12(16)6-5-10-9-4-3-8(15(17)18)7-11(9)14-13-10/h3-4,7H,2H2,1H3,(H,13,14). The summed E-state index contributed by atoms with van der Waals surface area (Å²) in [5.41, 5.74) is 0.782. The minimum absolute atomic E-state index is 0.0519. The number of aromatic amines is 1. The van der Waals surface area contributed by atoms with Crippen LogP contribution in [-0.2, 0) is 9.53 Å². The number of nitro benzene ring substituents is 1. The Labute approximate surface area is 107 Å². The molecule has 1 N–H and O–H groups in total. The highest BCUT2D eigenvalue weighted by Gasteiger charge is 2.10. The van der Waals surface area contributed by atoms with Gasteiger partial charge in [0.1, 0.15) is 11.2 Å². The molecule has 0 bridgehead atoms. The molecule has 0 spiro atoms. The van der Waals surface area contributed by atoms with Crippen LogP contribution in [0.4, 0.5) is 5.69 Å². The summed E-state index contributed by atoms with van der Waals surface area (Å²) in [6.07, 6.45) is 0. The Morgan fingerprint density at radius 3 is 3.05 bits per heavy atom. The number of H-pyrrole nitrogens is 1. The molecule has 1 aromatic carbocycles. The molecule has 0 saturated carbocycles. The molecule has 0 amide bonds. The van der Waals surface area contributed by atoms with Crippen LogP contribution in [0.25, 0.3) is 10.9 Å². The van der Waals surface area contributed by atoms with Crippen molar-refractivity contribution < 1.29 is 14.5 Å². The molecule has 1 heterocycles. The summed E-state index contributed by atoms with van der Waals surface area (Å²) < 4.78 is 4.67. The van der Waals surface area contributed by atoms with Crippen LogP contribution in [-0.4, -0.2) is 27.7 Å². The molecule has 0 aliphatic rings. The average Bonchev–Trinajstić information content (AvgIpc) is 2.79. The summed E-state index contributed by atoms with van der Waals surface area (Å²) in [7, 11) is 0. The van der Waals surface area contributed by atoms with Gasteiger partial charge < -0.3 is 4.74 Å².